The van der Waals surface area contributed by atoms with E-state index in [0.29, 0.717) is 6.04 Å². The third kappa shape index (κ3) is 2.72. The van der Waals surface area contributed by atoms with Gasteiger partial charge in [0.1, 0.15) is 0 Å². The highest BCUT2D eigenvalue weighted by atomic mass is 15.2. The molecule has 0 saturated carbocycles. The molecule has 1 N–H and O–H groups in total. The Labute approximate surface area is 92.3 Å². The lowest BCUT2D eigenvalue weighted by atomic mass is 10.1. The largest absolute Gasteiger partial charge is 0.370 e. The molecule has 0 spiro atoms. The SMILES string of the molecule is CC1CNC(C)CN(c2ccccc2)C1. The van der Waals surface area contributed by atoms with E-state index in [-0.39, 0.29) is 0 Å². The zero-order chi connectivity index (χ0) is 10.7. The Kier molecular flexibility index (Phi) is 3.27. The third-order valence-electron chi connectivity index (χ3n) is 2.96. The molecule has 0 amide bonds. The van der Waals surface area contributed by atoms with E-state index in [1.807, 2.05) is 0 Å². The summed E-state index contributed by atoms with van der Waals surface area (Å²) in [6.07, 6.45) is 0. The second-order valence-electron chi connectivity index (χ2n) is 4.65. The average molecular weight is 204 g/mol. The van der Waals surface area contributed by atoms with Crippen LogP contribution in [0.1, 0.15) is 13.8 Å². The van der Waals surface area contributed by atoms with Crippen molar-refractivity contribution in [3.8, 4) is 0 Å². The molecule has 2 rings (SSSR count). The van der Waals surface area contributed by atoms with Gasteiger partial charge in [-0.1, -0.05) is 25.1 Å². The van der Waals surface area contributed by atoms with Crippen LogP contribution in [0, 0.1) is 5.92 Å². The summed E-state index contributed by atoms with van der Waals surface area (Å²) in [6, 6.07) is 11.3. The van der Waals surface area contributed by atoms with Gasteiger partial charge in [-0.3, -0.25) is 0 Å². The fraction of sp³-hybridized carbons (Fsp3) is 0.538. The Hall–Kier alpha value is -1.02. The van der Waals surface area contributed by atoms with E-state index in [2.05, 4.69) is 54.4 Å². The van der Waals surface area contributed by atoms with E-state index in [1.54, 1.807) is 0 Å². The summed E-state index contributed by atoms with van der Waals surface area (Å²) in [5, 5.41) is 3.55. The number of hydrogen-bond acceptors (Lipinski definition) is 2. The van der Waals surface area contributed by atoms with Gasteiger partial charge in [0.25, 0.3) is 0 Å². The van der Waals surface area contributed by atoms with Gasteiger partial charge in [-0.2, -0.15) is 0 Å². The van der Waals surface area contributed by atoms with Crippen molar-refractivity contribution < 1.29 is 0 Å². The molecule has 0 bridgehead atoms. The summed E-state index contributed by atoms with van der Waals surface area (Å²) >= 11 is 0. The Balaban J connectivity index is 2.13. The van der Waals surface area contributed by atoms with Crippen LogP contribution in [0.25, 0.3) is 0 Å². The van der Waals surface area contributed by atoms with E-state index in [1.165, 1.54) is 5.69 Å². The van der Waals surface area contributed by atoms with Crippen LogP contribution >= 0.6 is 0 Å². The van der Waals surface area contributed by atoms with Gasteiger partial charge in [0.05, 0.1) is 0 Å². The summed E-state index contributed by atoms with van der Waals surface area (Å²) in [5.74, 6) is 0.718. The van der Waals surface area contributed by atoms with Gasteiger partial charge < -0.3 is 10.2 Å². The predicted molar refractivity (Wildman–Crippen MR) is 65.3 cm³/mol. The van der Waals surface area contributed by atoms with Crippen molar-refractivity contribution in [1.82, 2.24) is 5.32 Å². The van der Waals surface area contributed by atoms with Gasteiger partial charge in [-0.25, -0.2) is 0 Å². The first-order valence-corrected chi connectivity index (χ1v) is 5.79. The molecule has 1 heterocycles. The first-order chi connectivity index (χ1) is 7.25. The van der Waals surface area contributed by atoms with Crippen molar-refractivity contribution in [3.63, 3.8) is 0 Å². The highest BCUT2D eigenvalue weighted by Gasteiger charge is 2.18. The monoisotopic (exact) mass is 204 g/mol. The second kappa shape index (κ2) is 4.67. The maximum absolute atomic E-state index is 3.55. The molecular formula is C13H20N2. The minimum Gasteiger partial charge on any atom is -0.370 e. The predicted octanol–water partition coefficient (Wildman–Crippen LogP) is 2.12. The minimum atomic E-state index is 0.579. The number of benzene rings is 1. The highest BCUT2D eigenvalue weighted by Crippen LogP contribution is 2.17. The highest BCUT2D eigenvalue weighted by molar-refractivity contribution is 5.46. The smallest absolute Gasteiger partial charge is 0.0366 e. The fourth-order valence-corrected chi connectivity index (χ4v) is 2.16. The number of rotatable bonds is 1. The quantitative estimate of drug-likeness (QED) is 0.754. The number of nitrogens with one attached hydrogen (secondary N) is 1. The Bertz CT molecular complexity index is 285. The van der Waals surface area contributed by atoms with Crippen molar-refractivity contribution in [3.05, 3.63) is 30.3 Å². The molecule has 2 nitrogen and oxygen atoms in total. The zero-order valence-electron chi connectivity index (χ0n) is 9.61. The van der Waals surface area contributed by atoms with Gasteiger partial charge in [-0.05, 0) is 31.5 Å². The molecule has 2 heteroatoms. The topological polar surface area (TPSA) is 15.3 Å². The van der Waals surface area contributed by atoms with E-state index >= 15 is 0 Å². The summed E-state index contributed by atoms with van der Waals surface area (Å²) in [7, 11) is 0. The molecular weight excluding hydrogens is 184 g/mol. The van der Waals surface area contributed by atoms with E-state index in [9.17, 15) is 0 Å². The van der Waals surface area contributed by atoms with E-state index in [0.717, 1.165) is 25.6 Å². The number of anilines is 1. The van der Waals surface area contributed by atoms with Crippen LogP contribution in [-0.2, 0) is 0 Å². The Morgan fingerprint density at radius 1 is 1.13 bits per heavy atom. The van der Waals surface area contributed by atoms with Crippen LogP contribution in [0.15, 0.2) is 30.3 Å². The maximum Gasteiger partial charge on any atom is 0.0366 e. The number of para-hydroxylation sites is 1. The average Bonchev–Trinajstić information content (AvgIpc) is 2.42. The molecule has 0 aromatic heterocycles. The standard InChI is InChI=1S/C13H20N2/c1-11-8-14-12(2)10-15(9-11)13-6-4-3-5-7-13/h3-7,11-12,14H,8-10H2,1-2H3. The first-order valence-electron chi connectivity index (χ1n) is 5.79. The van der Waals surface area contributed by atoms with Crippen molar-refractivity contribution in [2.75, 3.05) is 24.5 Å². The van der Waals surface area contributed by atoms with Gasteiger partial charge >= 0.3 is 0 Å². The summed E-state index contributed by atoms with van der Waals surface area (Å²) < 4.78 is 0. The zero-order valence-corrected chi connectivity index (χ0v) is 9.61. The molecule has 1 aromatic carbocycles. The van der Waals surface area contributed by atoms with Crippen LogP contribution in [0.3, 0.4) is 0 Å². The van der Waals surface area contributed by atoms with Crippen molar-refractivity contribution >= 4 is 5.69 Å². The van der Waals surface area contributed by atoms with Gasteiger partial charge in [0.15, 0.2) is 0 Å². The molecule has 1 saturated heterocycles. The summed E-state index contributed by atoms with van der Waals surface area (Å²) in [5.41, 5.74) is 1.35. The molecule has 2 atom stereocenters. The normalized spacial score (nSPS) is 27.5. The van der Waals surface area contributed by atoms with E-state index in [4.69, 9.17) is 0 Å². The molecule has 1 aliphatic heterocycles. The van der Waals surface area contributed by atoms with E-state index < -0.39 is 0 Å². The fourth-order valence-electron chi connectivity index (χ4n) is 2.16. The molecule has 15 heavy (non-hydrogen) atoms. The summed E-state index contributed by atoms with van der Waals surface area (Å²) in [4.78, 5) is 2.48. The molecule has 1 aromatic rings. The van der Waals surface area contributed by atoms with Crippen LogP contribution in [0.4, 0.5) is 5.69 Å². The Morgan fingerprint density at radius 2 is 1.87 bits per heavy atom. The number of nitrogens with zero attached hydrogens (tertiary/aromatic N) is 1. The summed E-state index contributed by atoms with van der Waals surface area (Å²) in [6.45, 7) is 7.95. The lowest BCUT2D eigenvalue weighted by Crippen LogP contribution is -2.35. The first kappa shape index (κ1) is 10.5. The second-order valence-corrected chi connectivity index (χ2v) is 4.65. The minimum absolute atomic E-state index is 0.579. The lowest BCUT2D eigenvalue weighted by Gasteiger charge is -2.26. The Morgan fingerprint density at radius 3 is 2.60 bits per heavy atom. The van der Waals surface area contributed by atoms with Gasteiger partial charge in [0.2, 0.25) is 0 Å². The van der Waals surface area contributed by atoms with Gasteiger partial charge in [0, 0.05) is 24.8 Å². The molecule has 2 unspecified atom stereocenters. The third-order valence-corrected chi connectivity index (χ3v) is 2.96. The van der Waals surface area contributed by atoms with Crippen LogP contribution < -0.4 is 10.2 Å². The molecule has 82 valence electrons. The molecule has 1 aliphatic rings. The van der Waals surface area contributed by atoms with Crippen molar-refractivity contribution in [2.45, 2.75) is 19.9 Å². The molecule has 0 aliphatic carbocycles. The van der Waals surface area contributed by atoms with Crippen LogP contribution in [0.5, 0.6) is 0 Å². The number of hydrogen-bond donors (Lipinski definition) is 1. The molecule has 0 radical (unpaired) electrons. The van der Waals surface area contributed by atoms with Crippen molar-refractivity contribution in [2.24, 2.45) is 5.92 Å². The van der Waals surface area contributed by atoms with Crippen LogP contribution in [-0.4, -0.2) is 25.7 Å². The maximum atomic E-state index is 3.55. The van der Waals surface area contributed by atoms with Crippen molar-refractivity contribution in [1.29, 1.82) is 0 Å². The van der Waals surface area contributed by atoms with Gasteiger partial charge in [-0.15, -0.1) is 0 Å². The van der Waals surface area contributed by atoms with Crippen LogP contribution in [0.2, 0.25) is 0 Å². The molecule has 1 fully saturated rings. The lowest BCUT2D eigenvalue weighted by molar-refractivity contribution is 0.525.